The van der Waals surface area contributed by atoms with Crippen molar-refractivity contribution in [2.75, 3.05) is 0 Å². The number of benzene rings is 9. The van der Waals surface area contributed by atoms with E-state index in [1.165, 1.54) is 105 Å². The summed E-state index contributed by atoms with van der Waals surface area (Å²) in [5.74, 6) is 2.08. The Morgan fingerprint density at radius 3 is 1.21 bits per heavy atom. The Labute approximate surface area is 722 Å². The molecule has 0 spiro atoms. The summed E-state index contributed by atoms with van der Waals surface area (Å²) in [5.41, 5.74) is 27.3. The Morgan fingerprint density at radius 2 is 0.823 bits per heavy atom. The second kappa shape index (κ2) is 46.6. The maximum Gasteiger partial charge on any atom is 0.159 e. The van der Waals surface area contributed by atoms with Gasteiger partial charge in [0.2, 0.25) is 0 Å². The van der Waals surface area contributed by atoms with Crippen LogP contribution in [0.25, 0.3) is 100 Å². The summed E-state index contributed by atoms with van der Waals surface area (Å²) in [6, 6.07) is 87.2. The number of aryl methyl sites for hydroxylation is 8. The number of aliphatic hydroxyl groups excluding tert-OH is 2. The molecule has 0 fully saturated rings. The van der Waals surface area contributed by atoms with E-state index in [1.807, 2.05) is 94.4 Å². The summed E-state index contributed by atoms with van der Waals surface area (Å²) in [7, 11) is 0. The van der Waals surface area contributed by atoms with Crippen molar-refractivity contribution in [1.82, 2.24) is 19.9 Å². The average molecular weight is 2040 g/mol. The van der Waals surface area contributed by atoms with Crippen molar-refractivity contribution in [3.63, 3.8) is 0 Å². The molecule has 591 valence electrons. The van der Waals surface area contributed by atoms with E-state index in [2.05, 4.69) is 225 Å². The molecule has 0 atom stereocenters. The third-order valence-electron chi connectivity index (χ3n) is 17.3. The molecular weight excluding hydrogens is 1920 g/mol. The normalized spacial score (nSPS) is 11.9. The Kier molecular flexibility index (Phi) is 34.8. The Balaban J connectivity index is 0.000000265. The predicted molar refractivity (Wildman–Crippen MR) is 462 cm³/mol. The molecule has 113 heavy (non-hydrogen) atoms. The summed E-state index contributed by atoms with van der Waals surface area (Å²) < 4.78 is 43.8. The van der Waals surface area contributed by atoms with Crippen LogP contribution in [-0.2, 0) is 82.7 Å². The van der Waals surface area contributed by atoms with Crippen LogP contribution in [0.4, 0.5) is 0 Å². The van der Waals surface area contributed by atoms with E-state index >= 15 is 0 Å². The third-order valence-corrected chi connectivity index (χ3v) is 17.3. The van der Waals surface area contributed by atoms with Crippen molar-refractivity contribution < 1.29 is 88.3 Å². The molecular formula is C102H108Ir3N4O4-4. The van der Waals surface area contributed by atoms with E-state index in [1.54, 1.807) is 30.3 Å². The second-order valence-corrected chi connectivity index (χ2v) is 29.9. The van der Waals surface area contributed by atoms with Gasteiger partial charge in [0.25, 0.3) is 0 Å². The van der Waals surface area contributed by atoms with Crippen LogP contribution < -0.4 is 0 Å². The van der Waals surface area contributed by atoms with Crippen LogP contribution in [0.3, 0.4) is 0 Å². The fraction of sp³-hybridized carbons (Fsp3) is 0.255. The van der Waals surface area contributed by atoms with Gasteiger partial charge in [0.1, 0.15) is 0 Å². The van der Waals surface area contributed by atoms with Crippen molar-refractivity contribution in [1.29, 1.82) is 0 Å². The summed E-state index contributed by atoms with van der Waals surface area (Å²) in [5, 5.41) is 20.2. The standard InChI is InChI=1S/2C28H28N.C18H14N.C12H10N.C11H20O2.C5H8O2.3Ir/c2*1-18(2)12-24-17-28(25-14-20(4)13-21(5)15-25)29-27-11-10-23(16-26(24)27)22-8-6-19(3)7-9-22;1-14-10-11-18(19-13-14)17-9-5-8-16(12-17)15-6-3-2-4-7-15;1-10-7-8-12(13-9-10)11-5-3-2-4-6-11;1-8(2)5-10(12)7-11(13)6-9(3)4;1-4(6)3-5(2)7;;;/h2*6-11,13-14,16-18H,12H2,1-5H3;2-8,10-13H,1H3;2-5,7-9H,1H3;7-9,12H,5-6H2,1-4H3;3,6H,1-2H3;;;/q4*-1;;;;;/i;;2*1D3;;;;;. The first-order chi connectivity index (χ1) is 54.9. The topological polar surface area (TPSA) is 126 Å². The SMILES string of the molecule is CC(=O)C=C(C)O.CC(C)CC(=O)C=C(O)CC(C)C.Cc1[c-]c(-c2cc(CC(C)C)c3cc(-c4ccc(C)cc4)ccc3n2)cc(C)c1.Cc1[c-]c(-c2cc(CC(C)C)c3cc(-c4ccc(C)cc4)ccc3n2)cc(C)c1.[2H]C([2H])([2H])c1ccc(-c2[c-]ccc(-c3ccccc3)c2)nc1.[2H]C([2H])([2H])c1ccc(-c2[c-]cccc2)nc1.[Ir].[Ir].[Ir]. The number of carbonyl (C=O) groups is 2. The number of allylic oxidation sites excluding steroid dienone is 4. The molecule has 2 N–H and O–H groups in total. The van der Waals surface area contributed by atoms with Gasteiger partial charge in [-0.2, -0.15) is 0 Å². The number of pyridine rings is 4. The first-order valence-corrected chi connectivity index (χ1v) is 37.7. The Hall–Kier alpha value is -9.53. The van der Waals surface area contributed by atoms with E-state index in [9.17, 15) is 14.7 Å². The number of ketones is 2. The zero-order chi connectivity index (χ0) is 84.6. The zero-order valence-corrected chi connectivity index (χ0v) is 74.9. The number of carbonyl (C=O) groups excluding carboxylic acids is 2. The van der Waals surface area contributed by atoms with E-state index in [-0.39, 0.29) is 94.5 Å². The third kappa shape index (κ3) is 31.1. The van der Waals surface area contributed by atoms with Crippen molar-refractivity contribution in [2.45, 2.75) is 150 Å². The number of nitrogens with zero attached hydrogens (tertiary/aromatic N) is 4. The van der Waals surface area contributed by atoms with Gasteiger partial charge in [-0.15, -0.1) is 141 Å². The molecule has 0 saturated carbocycles. The first kappa shape index (κ1) is 84.4. The molecule has 4 heterocycles. The van der Waals surface area contributed by atoms with Crippen molar-refractivity contribution in [3.8, 4) is 78.4 Å². The van der Waals surface area contributed by atoms with Crippen molar-refractivity contribution >= 4 is 33.4 Å². The minimum atomic E-state index is -2.12. The molecule has 0 saturated heterocycles. The number of hydrogen-bond acceptors (Lipinski definition) is 8. The Bertz CT molecular complexity index is 5240. The summed E-state index contributed by atoms with van der Waals surface area (Å²) in [6.07, 6.45) is 8.50. The van der Waals surface area contributed by atoms with Crippen molar-refractivity contribution in [2.24, 2.45) is 23.7 Å². The van der Waals surface area contributed by atoms with Gasteiger partial charge in [0, 0.05) is 117 Å². The molecule has 4 aromatic heterocycles. The van der Waals surface area contributed by atoms with Gasteiger partial charge < -0.3 is 20.2 Å². The summed E-state index contributed by atoms with van der Waals surface area (Å²) in [6.45, 7) is 28.5. The number of fused-ring (bicyclic) bond motifs is 2. The van der Waals surface area contributed by atoms with Gasteiger partial charge in [-0.25, -0.2) is 0 Å². The average Bonchev–Trinajstić information content (AvgIpc) is 0.781. The molecule has 3 radical (unpaired) electrons. The zero-order valence-electron chi connectivity index (χ0n) is 73.7. The van der Waals surface area contributed by atoms with Gasteiger partial charge in [-0.3, -0.25) is 19.6 Å². The van der Waals surface area contributed by atoms with Crippen LogP contribution in [0.15, 0.2) is 254 Å². The minimum Gasteiger partial charge on any atom is -0.512 e. The number of aliphatic hydroxyl groups is 2. The van der Waals surface area contributed by atoms with Gasteiger partial charge in [0.05, 0.1) is 22.6 Å². The molecule has 13 aromatic rings. The molecule has 13 rings (SSSR count). The summed E-state index contributed by atoms with van der Waals surface area (Å²) >= 11 is 0. The van der Waals surface area contributed by atoms with E-state index < -0.39 is 13.7 Å². The van der Waals surface area contributed by atoms with Crippen LogP contribution in [0.5, 0.6) is 0 Å². The van der Waals surface area contributed by atoms with Crippen LogP contribution in [0, 0.1) is 103 Å². The van der Waals surface area contributed by atoms with E-state index in [4.69, 9.17) is 23.3 Å². The maximum atomic E-state index is 11.2. The largest absolute Gasteiger partial charge is 0.512 e. The number of rotatable bonds is 17. The van der Waals surface area contributed by atoms with Crippen LogP contribution >= 0.6 is 0 Å². The van der Waals surface area contributed by atoms with Crippen LogP contribution in [-0.4, -0.2) is 41.7 Å². The van der Waals surface area contributed by atoms with E-state index in [0.29, 0.717) is 42.2 Å². The van der Waals surface area contributed by atoms with Gasteiger partial charge >= 0.3 is 0 Å². The number of hydrogen-bond donors (Lipinski definition) is 2. The minimum absolute atomic E-state index is 0. The van der Waals surface area contributed by atoms with Gasteiger partial charge in [-0.1, -0.05) is 222 Å². The number of aromatic nitrogens is 4. The molecule has 0 aliphatic heterocycles. The molecule has 9 aromatic carbocycles. The monoisotopic (exact) mass is 2040 g/mol. The summed E-state index contributed by atoms with van der Waals surface area (Å²) in [4.78, 5) is 39.6. The molecule has 0 unspecified atom stereocenters. The van der Waals surface area contributed by atoms with Gasteiger partial charge in [-0.05, 0) is 175 Å². The predicted octanol–water partition coefficient (Wildman–Crippen LogP) is 26.5. The van der Waals surface area contributed by atoms with Crippen LogP contribution in [0.2, 0.25) is 0 Å². The quantitative estimate of drug-likeness (QED) is 0.0524. The first-order valence-electron chi connectivity index (χ1n) is 40.7. The molecule has 0 bridgehead atoms. The maximum absolute atomic E-state index is 11.2. The second-order valence-electron chi connectivity index (χ2n) is 29.9. The fourth-order valence-electron chi connectivity index (χ4n) is 12.5. The molecule has 0 aliphatic rings. The smallest absolute Gasteiger partial charge is 0.159 e. The Morgan fingerprint density at radius 1 is 0.398 bits per heavy atom. The van der Waals surface area contributed by atoms with Gasteiger partial charge in [0.15, 0.2) is 11.6 Å². The van der Waals surface area contributed by atoms with Crippen LogP contribution in [0.1, 0.15) is 146 Å². The van der Waals surface area contributed by atoms with Crippen molar-refractivity contribution in [3.05, 3.63) is 334 Å². The molecule has 0 amide bonds. The van der Waals surface area contributed by atoms with E-state index in [0.717, 1.165) is 85.5 Å². The molecule has 0 aliphatic carbocycles. The molecule has 8 nitrogen and oxygen atoms in total. The fourth-order valence-corrected chi connectivity index (χ4v) is 12.5. The molecule has 11 heteroatoms.